The summed E-state index contributed by atoms with van der Waals surface area (Å²) in [4.78, 5) is 15.2. The van der Waals surface area contributed by atoms with Gasteiger partial charge in [-0.1, -0.05) is 24.6 Å². The number of anilines is 1. The lowest BCUT2D eigenvalue weighted by Crippen LogP contribution is -2.48. The molecule has 3 unspecified atom stereocenters. The molecule has 4 nitrogen and oxygen atoms in total. The van der Waals surface area contributed by atoms with Crippen molar-refractivity contribution in [1.82, 2.24) is 10.2 Å². The molecule has 1 amide bonds. The highest BCUT2D eigenvalue weighted by Gasteiger charge is 2.38. The van der Waals surface area contributed by atoms with E-state index < -0.39 is 0 Å². The summed E-state index contributed by atoms with van der Waals surface area (Å²) in [6, 6.07) is 9.09. The Morgan fingerprint density at radius 2 is 2.10 bits per heavy atom. The average Bonchev–Trinajstić information content (AvgIpc) is 3.12. The minimum Gasteiger partial charge on any atom is -0.384 e. The number of rotatable bonds is 2. The maximum absolute atomic E-state index is 12.7. The van der Waals surface area contributed by atoms with E-state index in [0.29, 0.717) is 12.1 Å². The highest BCUT2D eigenvalue weighted by molar-refractivity contribution is 5.88. The molecule has 3 heterocycles. The van der Waals surface area contributed by atoms with Crippen molar-refractivity contribution < 1.29 is 4.79 Å². The van der Waals surface area contributed by atoms with Gasteiger partial charge in [0.05, 0.1) is 5.92 Å². The van der Waals surface area contributed by atoms with Crippen LogP contribution in [0.5, 0.6) is 0 Å². The molecule has 4 heteroatoms. The summed E-state index contributed by atoms with van der Waals surface area (Å²) in [6.45, 7) is 3.09. The van der Waals surface area contributed by atoms with Gasteiger partial charge in [-0.3, -0.25) is 9.69 Å². The van der Waals surface area contributed by atoms with Gasteiger partial charge >= 0.3 is 0 Å². The molecule has 3 atom stereocenters. The van der Waals surface area contributed by atoms with Gasteiger partial charge in [0.15, 0.2) is 0 Å². The summed E-state index contributed by atoms with van der Waals surface area (Å²) in [5, 5.41) is 6.68. The van der Waals surface area contributed by atoms with Crippen LogP contribution >= 0.6 is 0 Å². The third-order valence-corrected chi connectivity index (χ3v) is 5.33. The number of amides is 1. The summed E-state index contributed by atoms with van der Waals surface area (Å²) in [7, 11) is 0. The molecule has 0 bridgehead atoms. The largest absolute Gasteiger partial charge is 0.384 e. The van der Waals surface area contributed by atoms with Crippen molar-refractivity contribution in [3.05, 3.63) is 29.8 Å². The molecule has 2 N–H and O–H groups in total. The van der Waals surface area contributed by atoms with Crippen LogP contribution < -0.4 is 10.6 Å². The van der Waals surface area contributed by atoms with E-state index in [4.69, 9.17) is 0 Å². The van der Waals surface area contributed by atoms with Crippen molar-refractivity contribution in [3.8, 4) is 0 Å². The van der Waals surface area contributed by atoms with Crippen molar-refractivity contribution in [2.24, 2.45) is 0 Å². The first-order valence-corrected chi connectivity index (χ1v) is 8.20. The normalized spacial score (nSPS) is 31.3. The predicted molar refractivity (Wildman–Crippen MR) is 83.4 cm³/mol. The van der Waals surface area contributed by atoms with E-state index in [0.717, 1.165) is 30.8 Å². The maximum Gasteiger partial charge on any atom is 0.229 e. The number of hydrogen-bond acceptors (Lipinski definition) is 3. The van der Waals surface area contributed by atoms with E-state index in [9.17, 15) is 4.79 Å². The minimum atomic E-state index is -0.0289. The fourth-order valence-electron chi connectivity index (χ4n) is 4.22. The van der Waals surface area contributed by atoms with Crippen LogP contribution in [0, 0.1) is 0 Å². The van der Waals surface area contributed by atoms with Gasteiger partial charge in [-0.15, -0.1) is 0 Å². The van der Waals surface area contributed by atoms with E-state index in [-0.39, 0.29) is 11.8 Å². The molecule has 0 aliphatic carbocycles. The molecule has 0 aromatic heterocycles. The number of hydrogen-bond donors (Lipinski definition) is 2. The van der Waals surface area contributed by atoms with Crippen molar-refractivity contribution in [2.45, 2.75) is 43.7 Å². The zero-order chi connectivity index (χ0) is 14.2. The van der Waals surface area contributed by atoms with Crippen LogP contribution in [0.4, 0.5) is 5.69 Å². The van der Waals surface area contributed by atoms with Crippen LogP contribution in [0.25, 0.3) is 0 Å². The summed E-state index contributed by atoms with van der Waals surface area (Å²) in [5.41, 5.74) is 2.26. The minimum absolute atomic E-state index is 0.0289. The van der Waals surface area contributed by atoms with Crippen LogP contribution in [0.15, 0.2) is 24.3 Å². The second kappa shape index (κ2) is 5.34. The van der Waals surface area contributed by atoms with Gasteiger partial charge in [-0.05, 0) is 37.4 Å². The lowest BCUT2D eigenvalue weighted by molar-refractivity contribution is -0.123. The lowest BCUT2D eigenvalue weighted by atomic mass is 9.96. The molecule has 4 rings (SSSR count). The Morgan fingerprint density at radius 1 is 1.19 bits per heavy atom. The fraction of sp³-hybridized carbons (Fsp3) is 0.588. The Balaban J connectivity index is 1.45. The van der Waals surface area contributed by atoms with Crippen LogP contribution in [-0.4, -0.2) is 42.5 Å². The standard InChI is InChI=1S/C17H23N3O/c21-17(13-11-18-14-6-2-1-5-12(13)14)19-15-8-10-20-9-4-3-7-16(15)20/h1-2,5-6,13,15-16,18H,3-4,7-11H2,(H,19,21). The second-order valence-corrected chi connectivity index (χ2v) is 6.52. The van der Waals surface area contributed by atoms with E-state index in [1.54, 1.807) is 0 Å². The lowest BCUT2D eigenvalue weighted by Gasteiger charge is -2.32. The van der Waals surface area contributed by atoms with Crippen LogP contribution in [-0.2, 0) is 4.79 Å². The van der Waals surface area contributed by atoms with Gasteiger partial charge in [0.25, 0.3) is 0 Å². The van der Waals surface area contributed by atoms with E-state index in [1.165, 1.54) is 25.8 Å². The van der Waals surface area contributed by atoms with Gasteiger partial charge in [0.1, 0.15) is 0 Å². The molecule has 1 aromatic carbocycles. The first kappa shape index (κ1) is 13.1. The van der Waals surface area contributed by atoms with E-state index in [2.05, 4.69) is 27.7 Å². The van der Waals surface area contributed by atoms with Gasteiger partial charge in [0, 0.05) is 30.9 Å². The maximum atomic E-state index is 12.7. The van der Waals surface area contributed by atoms with E-state index in [1.807, 2.05) is 12.1 Å². The van der Waals surface area contributed by atoms with Gasteiger partial charge < -0.3 is 10.6 Å². The number of carbonyl (C=O) groups is 1. The molecule has 21 heavy (non-hydrogen) atoms. The SMILES string of the molecule is O=C(NC1CCN2CCCCC12)C1CNc2ccccc21. The second-order valence-electron chi connectivity index (χ2n) is 6.52. The molecular formula is C17H23N3O. The van der Waals surface area contributed by atoms with Crippen LogP contribution in [0.1, 0.15) is 37.2 Å². The summed E-state index contributed by atoms with van der Waals surface area (Å²) >= 11 is 0. The number of carbonyl (C=O) groups excluding carboxylic acids is 1. The van der Waals surface area contributed by atoms with Gasteiger partial charge in [0.2, 0.25) is 5.91 Å². The third kappa shape index (κ3) is 2.31. The van der Waals surface area contributed by atoms with Crippen molar-refractivity contribution in [1.29, 1.82) is 0 Å². The summed E-state index contributed by atoms with van der Waals surface area (Å²) in [5.74, 6) is 0.170. The van der Waals surface area contributed by atoms with Gasteiger partial charge in [-0.2, -0.15) is 0 Å². The zero-order valence-corrected chi connectivity index (χ0v) is 12.3. The molecule has 1 aromatic rings. The molecule has 0 spiro atoms. The Labute approximate surface area is 125 Å². The summed E-state index contributed by atoms with van der Waals surface area (Å²) < 4.78 is 0. The molecule has 3 aliphatic rings. The van der Waals surface area contributed by atoms with Crippen molar-refractivity contribution >= 4 is 11.6 Å². The Bertz CT molecular complexity index is 545. The topological polar surface area (TPSA) is 44.4 Å². The first-order chi connectivity index (χ1) is 10.3. The zero-order valence-electron chi connectivity index (χ0n) is 12.3. The number of benzene rings is 1. The molecule has 3 aliphatic heterocycles. The number of piperidine rings is 1. The molecule has 0 saturated carbocycles. The summed E-state index contributed by atoms with van der Waals surface area (Å²) in [6.07, 6.45) is 4.97. The van der Waals surface area contributed by atoms with Gasteiger partial charge in [-0.25, -0.2) is 0 Å². The van der Waals surface area contributed by atoms with Crippen LogP contribution in [0.2, 0.25) is 0 Å². The molecule has 2 saturated heterocycles. The average molecular weight is 285 g/mol. The van der Waals surface area contributed by atoms with Crippen LogP contribution in [0.3, 0.4) is 0 Å². The Morgan fingerprint density at radius 3 is 3.05 bits per heavy atom. The number of nitrogens with one attached hydrogen (secondary N) is 2. The first-order valence-electron chi connectivity index (χ1n) is 8.20. The third-order valence-electron chi connectivity index (χ3n) is 5.33. The van der Waals surface area contributed by atoms with E-state index >= 15 is 0 Å². The molecule has 112 valence electrons. The highest BCUT2D eigenvalue weighted by Crippen LogP contribution is 2.32. The Kier molecular flexibility index (Phi) is 3.34. The number of fused-ring (bicyclic) bond motifs is 2. The predicted octanol–water partition coefficient (Wildman–Crippen LogP) is 1.94. The monoisotopic (exact) mass is 285 g/mol. The van der Waals surface area contributed by atoms with Crippen molar-refractivity contribution in [2.75, 3.05) is 25.0 Å². The molecular weight excluding hydrogens is 262 g/mol. The quantitative estimate of drug-likeness (QED) is 0.873. The van der Waals surface area contributed by atoms with Crippen molar-refractivity contribution in [3.63, 3.8) is 0 Å². The highest BCUT2D eigenvalue weighted by atomic mass is 16.2. The smallest absolute Gasteiger partial charge is 0.229 e. The fourth-order valence-corrected chi connectivity index (χ4v) is 4.22. The number of nitrogens with zero attached hydrogens (tertiary/aromatic N) is 1. The Hall–Kier alpha value is -1.55. The number of para-hydroxylation sites is 1. The molecule has 2 fully saturated rings. The molecule has 0 radical (unpaired) electrons.